The van der Waals surface area contributed by atoms with Gasteiger partial charge in [-0.1, -0.05) is 18.2 Å². The number of aromatic hydroxyl groups is 4. The Labute approximate surface area is 254 Å². The van der Waals surface area contributed by atoms with E-state index in [1.165, 1.54) is 48.5 Å². The number of aliphatic hydroxyl groups is 4. The van der Waals surface area contributed by atoms with E-state index in [1.807, 2.05) is 0 Å². The molecule has 0 saturated heterocycles. The molecule has 0 unspecified atom stereocenters. The fourth-order valence-corrected chi connectivity index (χ4v) is 6.42. The minimum Gasteiger partial charge on any atom is -0.508 e. The van der Waals surface area contributed by atoms with Crippen LogP contribution in [-0.2, 0) is 14.3 Å². The first-order valence-corrected chi connectivity index (χ1v) is 14.0. The summed E-state index contributed by atoms with van der Waals surface area (Å²) in [5.74, 6) is -6.69. The van der Waals surface area contributed by atoms with Crippen LogP contribution in [0.3, 0.4) is 0 Å². The van der Waals surface area contributed by atoms with Crippen LogP contribution in [0, 0.1) is 5.92 Å². The first-order valence-electron chi connectivity index (χ1n) is 14.0. The fraction of sp³-hybridized carbons (Fsp3) is 0.355. The van der Waals surface area contributed by atoms with Gasteiger partial charge in [0.25, 0.3) is 0 Å². The van der Waals surface area contributed by atoms with Crippen LogP contribution in [0.2, 0.25) is 0 Å². The summed E-state index contributed by atoms with van der Waals surface area (Å²) in [5.41, 5.74) is -1.80. The van der Waals surface area contributed by atoms with Gasteiger partial charge in [-0.05, 0) is 35.4 Å². The maximum atomic E-state index is 14.2. The first kappa shape index (κ1) is 30.3. The normalized spacial score (nSPS) is 32.0. The largest absolute Gasteiger partial charge is 0.508 e. The van der Waals surface area contributed by atoms with Crippen molar-refractivity contribution in [1.82, 2.24) is 0 Å². The van der Waals surface area contributed by atoms with Crippen LogP contribution in [0.15, 0.2) is 54.6 Å². The van der Waals surface area contributed by atoms with Gasteiger partial charge in [0.2, 0.25) is 0 Å². The molecular formula is C31H30O14. The van der Waals surface area contributed by atoms with Gasteiger partial charge in [0.1, 0.15) is 53.3 Å². The Morgan fingerprint density at radius 1 is 0.756 bits per heavy atom. The number of esters is 1. The predicted octanol–water partition coefficient (Wildman–Crippen LogP) is 1.08. The second kappa shape index (κ2) is 11.0. The molecule has 0 aromatic heterocycles. The molecule has 3 aromatic carbocycles. The molecule has 9 N–H and O–H groups in total. The lowest BCUT2D eigenvalue weighted by molar-refractivity contribution is -0.203. The predicted molar refractivity (Wildman–Crippen MR) is 149 cm³/mol. The van der Waals surface area contributed by atoms with E-state index in [0.29, 0.717) is 5.56 Å². The highest BCUT2D eigenvalue weighted by molar-refractivity contribution is 5.79. The Balaban J connectivity index is 1.47. The first-order chi connectivity index (χ1) is 21.3. The van der Waals surface area contributed by atoms with Crippen molar-refractivity contribution >= 4 is 11.9 Å². The molecule has 2 aliphatic heterocycles. The summed E-state index contributed by atoms with van der Waals surface area (Å²) < 4.78 is 17.8. The smallest absolute Gasteiger partial charge is 0.335 e. The molecule has 1 aliphatic carbocycles. The third kappa shape index (κ3) is 5.21. The van der Waals surface area contributed by atoms with Gasteiger partial charge in [-0.3, -0.25) is 4.79 Å². The topological polar surface area (TPSA) is 244 Å². The Kier molecular flexibility index (Phi) is 7.40. The molecule has 238 valence electrons. The van der Waals surface area contributed by atoms with Crippen molar-refractivity contribution in [3.05, 3.63) is 71.3 Å². The molecule has 14 heteroatoms. The third-order valence-corrected chi connectivity index (χ3v) is 8.67. The number of carboxylic acids is 1. The highest BCUT2D eigenvalue weighted by Gasteiger charge is 2.56. The third-order valence-electron chi connectivity index (χ3n) is 8.67. The molecule has 0 bridgehead atoms. The van der Waals surface area contributed by atoms with E-state index in [1.54, 1.807) is 0 Å². The van der Waals surface area contributed by atoms with Crippen molar-refractivity contribution in [1.29, 1.82) is 0 Å². The Morgan fingerprint density at radius 2 is 1.38 bits per heavy atom. The molecule has 3 aromatic rings. The fourth-order valence-electron chi connectivity index (χ4n) is 6.42. The van der Waals surface area contributed by atoms with Crippen LogP contribution in [-0.4, -0.2) is 87.9 Å². The SMILES string of the molecule is O=C(O[C@@H]1C[C@](O)(C(=O)O)C[C@@H](O)[C@H]1O)[C@H]1[C@H]2c3c(cc(O)cc3O[C@@H]1c1ccc(O)cc1)O[C@H](c1ccc(O)c(O)c1)[C@@H]2O. The minimum atomic E-state index is -2.51. The van der Waals surface area contributed by atoms with Gasteiger partial charge in [0.15, 0.2) is 23.2 Å². The van der Waals surface area contributed by atoms with Gasteiger partial charge in [-0.25, -0.2) is 4.79 Å². The van der Waals surface area contributed by atoms with Crippen molar-refractivity contribution in [2.75, 3.05) is 0 Å². The number of phenolic OH excluding ortho intramolecular Hbond substituents is 4. The van der Waals surface area contributed by atoms with Crippen LogP contribution < -0.4 is 9.47 Å². The molecular weight excluding hydrogens is 596 g/mol. The molecule has 9 atom stereocenters. The van der Waals surface area contributed by atoms with Gasteiger partial charge in [0, 0.05) is 36.5 Å². The van der Waals surface area contributed by atoms with Crippen LogP contribution in [0.4, 0.5) is 0 Å². The second-order valence-corrected chi connectivity index (χ2v) is 11.6. The maximum Gasteiger partial charge on any atom is 0.335 e. The average molecular weight is 627 g/mol. The van der Waals surface area contributed by atoms with E-state index in [-0.39, 0.29) is 34.1 Å². The van der Waals surface area contributed by atoms with Gasteiger partial charge in [-0.15, -0.1) is 0 Å². The summed E-state index contributed by atoms with van der Waals surface area (Å²) in [6.07, 6.45) is -10.7. The number of rotatable bonds is 5. The summed E-state index contributed by atoms with van der Waals surface area (Å²) in [4.78, 5) is 25.9. The molecule has 0 spiro atoms. The monoisotopic (exact) mass is 626 g/mol. The van der Waals surface area contributed by atoms with Gasteiger partial charge in [-0.2, -0.15) is 0 Å². The molecule has 6 rings (SSSR count). The molecule has 1 fully saturated rings. The summed E-state index contributed by atoms with van der Waals surface area (Å²) in [6.45, 7) is 0. The molecule has 1 saturated carbocycles. The number of ether oxygens (including phenoxy) is 3. The Morgan fingerprint density at radius 3 is 2.00 bits per heavy atom. The van der Waals surface area contributed by atoms with E-state index >= 15 is 0 Å². The number of benzene rings is 3. The van der Waals surface area contributed by atoms with Crippen LogP contribution in [0.25, 0.3) is 0 Å². The lowest BCUT2D eigenvalue weighted by Gasteiger charge is -2.46. The van der Waals surface area contributed by atoms with E-state index in [4.69, 9.17) is 14.2 Å². The van der Waals surface area contributed by atoms with Gasteiger partial charge in [0.05, 0.1) is 6.10 Å². The van der Waals surface area contributed by atoms with E-state index in [2.05, 4.69) is 0 Å². The van der Waals surface area contributed by atoms with Crippen molar-refractivity contribution in [2.24, 2.45) is 5.92 Å². The van der Waals surface area contributed by atoms with Crippen LogP contribution >= 0.6 is 0 Å². The van der Waals surface area contributed by atoms with Crippen molar-refractivity contribution in [3.8, 4) is 34.5 Å². The van der Waals surface area contributed by atoms with Gasteiger partial charge >= 0.3 is 11.9 Å². The van der Waals surface area contributed by atoms with Crippen molar-refractivity contribution in [3.63, 3.8) is 0 Å². The lowest BCUT2D eigenvalue weighted by Crippen LogP contribution is -2.57. The lowest BCUT2D eigenvalue weighted by atomic mass is 9.71. The number of aliphatic hydroxyl groups excluding tert-OH is 3. The summed E-state index contributed by atoms with van der Waals surface area (Å²) in [7, 11) is 0. The quantitative estimate of drug-likeness (QED) is 0.142. The van der Waals surface area contributed by atoms with Crippen molar-refractivity contribution < 1.29 is 69.8 Å². The number of carbonyl (C=O) groups excluding carboxylic acids is 1. The zero-order chi connectivity index (χ0) is 32.4. The maximum absolute atomic E-state index is 14.2. The minimum absolute atomic E-state index is 0.0215. The Hall–Kier alpha value is -4.76. The number of phenols is 4. The Bertz CT molecular complexity index is 1640. The van der Waals surface area contributed by atoms with E-state index in [9.17, 15) is 55.5 Å². The standard InChI is InChI=1S/C31H30O14/c32-14-4-1-12(2-5-14)27-24(29(39)45-21-11-31(42,30(40)41)10-18(36)25(21)37)23-22-19(43-27)8-15(33)9-20(22)44-28(26(23)38)13-3-6-16(34)17(35)7-13/h1-9,18,21,23-28,32-38,42H,10-11H2,(H,40,41)/t18-,21-,23-,24+,25-,26-,27-,28-,31+/m1/s1. The molecule has 0 radical (unpaired) electrons. The average Bonchev–Trinajstić information content (AvgIpc) is 2.98. The number of hydrogen-bond donors (Lipinski definition) is 9. The second-order valence-electron chi connectivity index (χ2n) is 11.6. The summed E-state index contributed by atoms with van der Waals surface area (Å²) in [5, 5.41) is 93.4. The zero-order valence-electron chi connectivity index (χ0n) is 23.3. The molecule has 0 amide bonds. The number of carboxylic acid groups (broad SMARTS) is 1. The highest BCUT2D eigenvalue weighted by atomic mass is 16.6. The summed E-state index contributed by atoms with van der Waals surface area (Å²) >= 11 is 0. The molecule has 3 aliphatic rings. The highest BCUT2D eigenvalue weighted by Crippen LogP contribution is 2.58. The van der Waals surface area contributed by atoms with Crippen molar-refractivity contribution in [2.45, 2.75) is 61.0 Å². The summed E-state index contributed by atoms with van der Waals surface area (Å²) in [6, 6.07) is 11.8. The number of aliphatic carboxylic acids is 1. The number of hydrogen-bond acceptors (Lipinski definition) is 13. The van der Waals surface area contributed by atoms with Gasteiger partial charge < -0.3 is 60.2 Å². The van der Waals surface area contributed by atoms with Crippen LogP contribution in [0.1, 0.15) is 47.7 Å². The van der Waals surface area contributed by atoms with Crippen LogP contribution in [0.5, 0.6) is 34.5 Å². The number of carbonyl (C=O) groups is 2. The zero-order valence-corrected chi connectivity index (χ0v) is 23.3. The molecule has 45 heavy (non-hydrogen) atoms. The molecule has 14 nitrogen and oxygen atoms in total. The molecule has 2 heterocycles. The van der Waals surface area contributed by atoms with E-state index in [0.717, 1.165) is 6.07 Å². The van der Waals surface area contributed by atoms with E-state index < -0.39 is 90.3 Å².